The zero-order chi connectivity index (χ0) is 15.7. The lowest BCUT2D eigenvalue weighted by molar-refractivity contribution is -0.119. The molecule has 1 N–H and O–H groups in total. The predicted octanol–water partition coefficient (Wildman–Crippen LogP) is 1.93. The quantitative estimate of drug-likeness (QED) is 0.924. The van der Waals surface area contributed by atoms with Crippen molar-refractivity contribution in [3.63, 3.8) is 0 Å². The van der Waals surface area contributed by atoms with E-state index < -0.39 is 16.1 Å². The van der Waals surface area contributed by atoms with E-state index in [4.69, 9.17) is 0 Å². The summed E-state index contributed by atoms with van der Waals surface area (Å²) in [6.45, 7) is 0.434. The highest BCUT2D eigenvalue weighted by atomic mass is 32.2. The fraction of sp³-hybridized carbons (Fsp3) is 0.562. The van der Waals surface area contributed by atoms with E-state index in [9.17, 15) is 13.2 Å². The van der Waals surface area contributed by atoms with Gasteiger partial charge in [-0.05, 0) is 55.7 Å². The van der Waals surface area contributed by atoms with Crippen molar-refractivity contribution >= 4 is 21.6 Å². The van der Waals surface area contributed by atoms with Crippen LogP contribution in [-0.2, 0) is 27.7 Å². The minimum atomic E-state index is -3.33. The minimum absolute atomic E-state index is 0.207. The van der Waals surface area contributed by atoms with Crippen LogP contribution in [0.25, 0.3) is 0 Å². The molecule has 0 bridgehead atoms. The van der Waals surface area contributed by atoms with Crippen LogP contribution in [0.2, 0.25) is 0 Å². The summed E-state index contributed by atoms with van der Waals surface area (Å²) >= 11 is 0. The number of aryl methyl sites for hydroxylation is 1. The van der Waals surface area contributed by atoms with Gasteiger partial charge >= 0.3 is 0 Å². The third-order valence-electron chi connectivity index (χ3n) is 4.59. The molecular formula is C16H22N2O3S. The fourth-order valence-corrected chi connectivity index (χ4v) is 4.64. The van der Waals surface area contributed by atoms with Crippen molar-refractivity contribution in [3.8, 4) is 0 Å². The van der Waals surface area contributed by atoms with Crippen molar-refractivity contribution < 1.29 is 13.2 Å². The fourth-order valence-electron chi connectivity index (χ4n) is 3.51. The normalized spacial score (nSPS) is 22.3. The first-order chi connectivity index (χ1) is 10.5. The third kappa shape index (κ3) is 3.03. The Bertz CT molecular complexity index is 685. The Balaban J connectivity index is 1.80. The Labute approximate surface area is 131 Å². The van der Waals surface area contributed by atoms with Crippen LogP contribution in [0.1, 0.15) is 36.8 Å². The Kier molecular flexibility index (Phi) is 4.23. The van der Waals surface area contributed by atoms with Crippen LogP contribution in [0.15, 0.2) is 18.2 Å². The second-order valence-electron chi connectivity index (χ2n) is 6.17. The summed E-state index contributed by atoms with van der Waals surface area (Å²) < 4.78 is 24.9. The number of hydrogen-bond acceptors (Lipinski definition) is 3. The van der Waals surface area contributed by atoms with Gasteiger partial charge < -0.3 is 5.32 Å². The number of fused-ring (bicyclic) bond motifs is 1. The zero-order valence-corrected chi connectivity index (χ0v) is 13.7. The molecule has 0 aromatic heterocycles. The Morgan fingerprint density at radius 2 is 2.00 bits per heavy atom. The summed E-state index contributed by atoms with van der Waals surface area (Å²) in [7, 11) is -3.33. The number of carbonyl (C=O) groups is 1. The molecule has 1 heterocycles. The largest absolute Gasteiger partial charge is 0.324 e. The van der Waals surface area contributed by atoms with E-state index in [1.807, 2.05) is 12.1 Å². The van der Waals surface area contributed by atoms with Gasteiger partial charge in [-0.2, -0.15) is 4.31 Å². The van der Waals surface area contributed by atoms with Gasteiger partial charge in [0.05, 0.1) is 6.26 Å². The number of rotatable bonds is 3. The van der Waals surface area contributed by atoms with Gasteiger partial charge in [0, 0.05) is 12.2 Å². The summed E-state index contributed by atoms with van der Waals surface area (Å²) in [6.07, 6.45) is 6.85. The summed E-state index contributed by atoms with van der Waals surface area (Å²) in [5, 5.41) is 2.97. The molecule has 5 nitrogen and oxygen atoms in total. The highest BCUT2D eigenvalue weighted by molar-refractivity contribution is 7.88. The van der Waals surface area contributed by atoms with Crippen LogP contribution in [0.4, 0.5) is 5.69 Å². The molecule has 1 fully saturated rings. The van der Waals surface area contributed by atoms with Crippen LogP contribution in [0.3, 0.4) is 0 Å². The first-order valence-electron chi connectivity index (χ1n) is 7.85. The van der Waals surface area contributed by atoms with Crippen LogP contribution in [0, 0.1) is 0 Å². The smallest absolute Gasteiger partial charge is 0.242 e. The van der Waals surface area contributed by atoms with Gasteiger partial charge in [0.1, 0.15) is 6.04 Å². The molecule has 0 saturated carbocycles. The van der Waals surface area contributed by atoms with Gasteiger partial charge in [-0.1, -0.05) is 12.1 Å². The van der Waals surface area contributed by atoms with E-state index in [0.29, 0.717) is 13.0 Å². The van der Waals surface area contributed by atoms with E-state index in [0.717, 1.165) is 31.4 Å². The van der Waals surface area contributed by atoms with Crippen LogP contribution in [-0.4, -0.2) is 37.5 Å². The number of carbonyl (C=O) groups excluding carboxylic acids is 1. The molecule has 1 aromatic carbocycles. The predicted molar refractivity (Wildman–Crippen MR) is 86.3 cm³/mol. The molecule has 1 unspecified atom stereocenters. The summed E-state index contributed by atoms with van der Waals surface area (Å²) in [6, 6.07) is 5.42. The molecule has 2 aliphatic rings. The second kappa shape index (κ2) is 6.01. The summed E-state index contributed by atoms with van der Waals surface area (Å²) in [5.74, 6) is -0.207. The molecule has 3 rings (SSSR count). The van der Waals surface area contributed by atoms with Crippen molar-refractivity contribution in [3.05, 3.63) is 29.3 Å². The van der Waals surface area contributed by atoms with Crippen molar-refractivity contribution in [1.29, 1.82) is 0 Å². The van der Waals surface area contributed by atoms with Gasteiger partial charge in [-0.25, -0.2) is 8.42 Å². The number of anilines is 1. The topological polar surface area (TPSA) is 66.5 Å². The molecule has 1 amide bonds. The number of benzene rings is 1. The SMILES string of the molecule is CS(=O)(=O)N1CCCC1C(=O)Nc1cccc2c1CCCC2. The number of nitrogens with zero attached hydrogens (tertiary/aromatic N) is 1. The van der Waals surface area contributed by atoms with E-state index >= 15 is 0 Å². The average Bonchev–Trinajstić information content (AvgIpc) is 2.97. The van der Waals surface area contributed by atoms with Crippen molar-refractivity contribution in [2.75, 3.05) is 18.1 Å². The molecule has 1 atom stereocenters. The van der Waals surface area contributed by atoms with E-state index in [1.165, 1.54) is 28.1 Å². The van der Waals surface area contributed by atoms with Crippen molar-refractivity contribution in [1.82, 2.24) is 4.31 Å². The molecule has 0 radical (unpaired) electrons. The number of nitrogens with one attached hydrogen (secondary N) is 1. The maximum atomic E-state index is 12.5. The second-order valence-corrected chi connectivity index (χ2v) is 8.11. The minimum Gasteiger partial charge on any atom is -0.324 e. The maximum Gasteiger partial charge on any atom is 0.242 e. The molecule has 1 saturated heterocycles. The van der Waals surface area contributed by atoms with E-state index in [-0.39, 0.29) is 5.91 Å². The highest BCUT2D eigenvalue weighted by Gasteiger charge is 2.36. The first kappa shape index (κ1) is 15.5. The van der Waals surface area contributed by atoms with Gasteiger partial charge in [0.25, 0.3) is 0 Å². The molecule has 120 valence electrons. The number of amides is 1. The molecule has 1 aliphatic carbocycles. The Morgan fingerprint density at radius 3 is 2.77 bits per heavy atom. The lowest BCUT2D eigenvalue weighted by Gasteiger charge is -2.24. The number of sulfonamides is 1. The lowest BCUT2D eigenvalue weighted by Crippen LogP contribution is -2.42. The molecular weight excluding hydrogens is 300 g/mol. The van der Waals surface area contributed by atoms with E-state index in [2.05, 4.69) is 11.4 Å². The monoisotopic (exact) mass is 322 g/mol. The van der Waals surface area contributed by atoms with Gasteiger partial charge in [-0.3, -0.25) is 4.79 Å². The van der Waals surface area contributed by atoms with Crippen molar-refractivity contribution in [2.24, 2.45) is 0 Å². The molecule has 1 aromatic rings. The molecule has 0 spiro atoms. The van der Waals surface area contributed by atoms with Gasteiger partial charge in [0.2, 0.25) is 15.9 Å². The van der Waals surface area contributed by atoms with Crippen molar-refractivity contribution in [2.45, 2.75) is 44.6 Å². The first-order valence-corrected chi connectivity index (χ1v) is 9.70. The average molecular weight is 322 g/mol. The van der Waals surface area contributed by atoms with E-state index in [1.54, 1.807) is 0 Å². The Hall–Kier alpha value is -1.40. The molecule has 1 aliphatic heterocycles. The van der Waals surface area contributed by atoms with Gasteiger partial charge in [0.15, 0.2) is 0 Å². The van der Waals surface area contributed by atoms with Crippen LogP contribution >= 0.6 is 0 Å². The molecule has 6 heteroatoms. The van der Waals surface area contributed by atoms with Gasteiger partial charge in [-0.15, -0.1) is 0 Å². The summed E-state index contributed by atoms with van der Waals surface area (Å²) in [4.78, 5) is 12.5. The van der Waals surface area contributed by atoms with Crippen LogP contribution in [0.5, 0.6) is 0 Å². The number of hydrogen-bond donors (Lipinski definition) is 1. The van der Waals surface area contributed by atoms with Crippen LogP contribution < -0.4 is 5.32 Å². The summed E-state index contributed by atoms with van der Waals surface area (Å²) in [5.41, 5.74) is 3.36. The maximum absolute atomic E-state index is 12.5. The third-order valence-corrected chi connectivity index (χ3v) is 5.88. The highest BCUT2D eigenvalue weighted by Crippen LogP contribution is 2.29. The molecule has 22 heavy (non-hydrogen) atoms. The Morgan fingerprint density at radius 1 is 1.23 bits per heavy atom. The lowest BCUT2D eigenvalue weighted by atomic mass is 9.90. The zero-order valence-electron chi connectivity index (χ0n) is 12.8. The standard InChI is InChI=1S/C16H22N2O3S/c1-22(20,21)18-11-5-10-15(18)16(19)17-14-9-4-7-12-6-2-3-8-13(12)14/h4,7,9,15H,2-3,5-6,8,10-11H2,1H3,(H,17,19).